The van der Waals surface area contributed by atoms with Crippen LogP contribution in [0.5, 0.6) is 0 Å². The summed E-state index contributed by atoms with van der Waals surface area (Å²) < 4.78 is 12.7. The lowest BCUT2D eigenvalue weighted by Gasteiger charge is -1.95. The van der Waals surface area contributed by atoms with Gasteiger partial charge in [-0.15, -0.1) is 0 Å². The van der Waals surface area contributed by atoms with Crippen molar-refractivity contribution in [1.82, 2.24) is 0 Å². The Morgan fingerprint density at radius 2 is 2.18 bits per heavy atom. The average molecular weight is 160 g/mol. The molecule has 0 radical (unpaired) electrons. The topological polar surface area (TPSA) is 20.2 Å². The molecular formula is C9H17FO. The molecule has 0 saturated carbocycles. The van der Waals surface area contributed by atoms with Gasteiger partial charge >= 0.3 is 0 Å². The molecule has 0 aromatic heterocycles. The van der Waals surface area contributed by atoms with Gasteiger partial charge in [0.2, 0.25) is 0 Å². The van der Waals surface area contributed by atoms with Crippen molar-refractivity contribution in [3.63, 3.8) is 0 Å². The minimum atomic E-state index is -0.0764. The SMILES string of the molecule is CCCCC/C(F)=C/CCO. The van der Waals surface area contributed by atoms with E-state index in [-0.39, 0.29) is 12.4 Å². The minimum absolute atomic E-state index is 0.0429. The van der Waals surface area contributed by atoms with E-state index in [0.29, 0.717) is 12.8 Å². The quantitative estimate of drug-likeness (QED) is 0.592. The summed E-state index contributed by atoms with van der Waals surface area (Å²) in [7, 11) is 0. The van der Waals surface area contributed by atoms with Crippen LogP contribution in [0.15, 0.2) is 11.9 Å². The molecule has 0 aliphatic rings. The maximum Gasteiger partial charge on any atom is 0.0960 e. The molecule has 66 valence electrons. The Balaban J connectivity index is 3.27. The highest BCUT2D eigenvalue weighted by atomic mass is 19.1. The molecule has 0 rings (SSSR count). The van der Waals surface area contributed by atoms with Crippen LogP contribution in [0.4, 0.5) is 4.39 Å². The maximum absolute atomic E-state index is 12.7. The van der Waals surface area contributed by atoms with Crippen molar-refractivity contribution in [3.05, 3.63) is 11.9 Å². The van der Waals surface area contributed by atoms with E-state index < -0.39 is 0 Å². The first-order valence-corrected chi connectivity index (χ1v) is 4.26. The maximum atomic E-state index is 12.7. The van der Waals surface area contributed by atoms with Gasteiger partial charge in [-0.25, -0.2) is 4.39 Å². The molecule has 0 saturated heterocycles. The van der Waals surface area contributed by atoms with Crippen LogP contribution in [0.2, 0.25) is 0 Å². The third-order valence-corrected chi connectivity index (χ3v) is 1.51. The van der Waals surface area contributed by atoms with Crippen LogP contribution in [0.1, 0.15) is 39.0 Å². The lowest BCUT2D eigenvalue weighted by molar-refractivity contribution is 0.301. The molecule has 0 atom stereocenters. The molecule has 1 N–H and O–H groups in total. The monoisotopic (exact) mass is 160 g/mol. The third kappa shape index (κ3) is 7.53. The number of hydrogen-bond acceptors (Lipinski definition) is 1. The van der Waals surface area contributed by atoms with E-state index in [1.165, 1.54) is 6.08 Å². The summed E-state index contributed by atoms with van der Waals surface area (Å²) in [6, 6.07) is 0. The predicted octanol–water partition coefficient (Wildman–Crippen LogP) is 2.80. The average Bonchev–Trinajstić information content (AvgIpc) is 2.01. The van der Waals surface area contributed by atoms with E-state index in [9.17, 15) is 4.39 Å². The molecule has 1 nitrogen and oxygen atoms in total. The van der Waals surface area contributed by atoms with Crippen molar-refractivity contribution < 1.29 is 9.50 Å². The molecule has 0 fully saturated rings. The molecule has 0 bridgehead atoms. The van der Waals surface area contributed by atoms with Gasteiger partial charge < -0.3 is 5.11 Å². The number of unbranched alkanes of at least 4 members (excludes halogenated alkanes) is 2. The van der Waals surface area contributed by atoms with Gasteiger partial charge in [-0.05, 0) is 19.3 Å². The highest BCUT2D eigenvalue weighted by molar-refractivity contribution is 4.90. The molecule has 0 unspecified atom stereocenters. The molecule has 0 aromatic rings. The Morgan fingerprint density at radius 1 is 1.45 bits per heavy atom. The summed E-state index contributed by atoms with van der Waals surface area (Å²) in [5, 5.41) is 8.38. The van der Waals surface area contributed by atoms with Crippen LogP contribution in [-0.4, -0.2) is 11.7 Å². The standard InChI is InChI=1S/C9H17FO/c1-2-3-4-6-9(10)7-5-8-11/h7,11H,2-6,8H2,1H3/b9-7-. The van der Waals surface area contributed by atoms with Crippen molar-refractivity contribution >= 4 is 0 Å². The molecule has 0 heterocycles. The fourth-order valence-corrected chi connectivity index (χ4v) is 0.867. The van der Waals surface area contributed by atoms with Crippen molar-refractivity contribution in [3.8, 4) is 0 Å². The molecule has 0 amide bonds. The lowest BCUT2D eigenvalue weighted by Crippen LogP contribution is -1.81. The molecular weight excluding hydrogens is 143 g/mol. The van der Waals surface area contributed by atoms with Crippen molar-refractivity contribution in [1.29, 1.82) is 0 Å². The van der Waals surface area contributed by atoms with E-state index in [4.69, 9.17) is 5.11 Å². The van der Waals surface area contributed by atoms with Gasteiger partial charge in [0.05, 0.1) is 5.83 Å². The van der Waals surface area contributed by atoms with E-state index in [2.05, 4.69) is 6.92 Å². The summed E-state index contributed by atoms with van der Waals surface area (Å²) in [5.74, 6) is -0.0764. The van der Waals surface area contributed by atoms with Crippen molar-refractivity contribution in [2.24, 2.45) is 0 Å². The third-order valence-electron chi connectivity index (χ3n) is 1.51. The van der Waals surface area contributed by atoms with Crippen LogP contribution in [-0.2, 0) is 0 Å². The summed E-state index contributed by atoms with van der Waals surface area (Å²) in [5.41, 5.74) is 0. The predicted molar refractivity (Wildman–Crippen MR) is 45.0 cm³/mol. The van der Waals surface area contributed by atoms with Crippen LogP contribution < -0.4 is 0 Å². The van der Waals surface area contributed by atoms with Gasteiger partial charge in [0, 0.05) is 6.61 Å². The van der Waals surface area contributed by atoms with Gasteiger partial charge in [0.1, 0.15) is 0 Å². The molecule has 11 heavy (non-hydrogen) atoms. The first-order chi connectivity index (χ1) is 5.31. The molecule has 2 heteroatoms. The minimum Gasteiger partial charge on any atom is -0.396 e. The number of aliphatic hydroxyl groups is 1. The van der Waals surface area contributed by atoms with Crippen molar-refractivity contribution in [2.75, 3.05) is 6.61 Å². The second-order valence-corrected chi connectivity index (χ2v) is 2.62. The number of allylic oxidation sites excluding steroid dienone is 1. The van der Waals surface area contributed by atoms with Gasteiger partial charge in [-0.3, -0.25) is 0 Å². The molecule has 0 spiro atoms. The summed E-state index contributed by atoms with van der Waals surface area (Å²) >= 11 is 0. The van der Waals surface area contributed by atoms with Gasteiger partial charge in [0.25, 0.3) is 0 Å². The molecule has 0 aliphatic heterocycles. The van der Waals surface area contributed by atoms with Crippen LogP contribution in [0, 0.1) is 0 Å². The van der Waals surface area contributed by atoms with Gasteiger partial charge in [-0.2, -0.15) is 0 Å². The number of hydrogen-bond donors (Lipinski definition) is 1. The second-order valence-electron chi connectivity index (χ2n) is 2.62. The summed E-state index contributed by atoms with van der Waals surface area (Å²) in [6.45, 7) is 2.14. The van der Waals surface area contributed by atoms with Gasteiger partial charge in [0.15, 0.2) is 0 Å². The lowest BCUT2D eigenvalue weighted by atomic mass is 10.2. The zero-order valence-corrected chi connectivity index (χ0v) is 7.15. The van der Waals surface area contributed by atoms with Crippen molar-refractivity contribution in [2.45, 2.75) is 39.0 Å². The van der Waals surface area contributed by atoms with E-state index in [0.717, 1.165) is 19.3 Å². The fourth-order valence-electron chi connectivity index (χ4n) is 0.867. The van der Waals surface area contributed by atoms with E-state index >= 15 is 0 Å². The Kier molecular flexibility index (Phi) is 7.47. The summed E-state index contributed by atoms with van der Waals surface area (Å²) in [4.78, 5) is 0. The Hall–Kier alpha value is -0.370. The van der Waals surface area contributed by atoms with E-state index in [1.54, 1.807) is 0 Å². The van der Waals surface area contributed by atoms with E-state index in [1.807, 2.05) is 0 Å². The Morgan fingerprint density at radius 3 is 2.73 bits per heavy atom. The smallest absolute Gasteiger partial charge is 0.0960 e. The van der Waals surface area contributed by atoms with Crippen LogP contribution >= 0.6 is 0 Å². The molecule has 0 aliphatic carbocycles. The number of rotatable bonds is 6. The second kappa shape index (κ2) is 7.73. The summed E-state index contributed by atoms with van der Waals surface area (Å²) in [6.07, 6.45) is 5.57. The first-order valence-electron chi connectivity index (χ1n) is 4.26. The van der Waals surface area contributed by atoms with Crippen LogP contribution in [0.25, 0.3) is 0 Å². The first kappa shape index (κ1) is 10.6. The highest BCUT2D eigenvalue weighted by Crippen LogP contribution is 2.10. The molecule has 0 aromatic carbocycles. The normalized spacial score (nSPS) is 12.1. The fraction of sp³-hybridized carbons (Fsp3) is 0.778. The number of aliphatic hydroxyl groups excluding tert-OH is 1. The number of halogens is 1. The highest BCUT2D eigenvalue weighted by Gasteiger charge is 1.93. The Bertz CT molecular complexity index is 110. The Labute approximate surface area is 67.9 Å². The largest absolute Gasteiger partial charge is 0.396 e. The zero-order chi connectivity index (χ0) is 8.53. The van der Waals surface area contributed by atoms with Crippen LogP contribution in [0.3, 0.4) is 0 Å². The zero-order valence-electron chi connectivity index (χ0n) is 7.15. The van der Waals surface area contributed by atoms with Gasteiger partial charge in [-0.1, -0.05) is 25.8 Å².